The summed E-state index contributed by atoms with van der Waals surface area (Å²) in [4.78, 5) is 0. The Bertz CT molecular complexity index is 1930. The second-order valence-corrected chi connectivity index (χ2v) is 21.0. The zero-order valence-electron chi connectivity index (χ0n) is 33.8. The second-order valence-electron chi connectivity index (χ2n) is 17.8. The van der Waals surface area contributed by atoms with E-state index < -0.39 is 8.07 Å². The first kappa shape index (κ1) is 37.7. The fourth-order valence-corrected chi connectivity index (χ4v) is 15.4. The lowest BCUT2D eigenvalue weighted by Gasteiger charge is -2.48. The van der Waals surface area contributed by atoms with Crippen LogP contribution in [0.25, 0.3) is 12.2 Å². The minimum atomic E-state index is -3.15. The minimum absolute atomic E-state index is 0.514. The molecule has 0 amide bonds. The number of aryl methyl sites for hydroxylation is 4. The molecule has 4 aromatic carbocycles. The Morgan fingerprint density at radius 3 is 1.00 bits per heavy atom. The lowest BCUT2D eigenvalue weighted by molar-refractivity contribution is 0.446. The molecule has 0 spiro atoms. The van der Waals surface area contributed by atoms with Crippen molar-refractivity contribution in [1.29, 1.82) is 0 Å². The van der Waals surface area contributed by atoms with E-state index in [1.807, 2.05) is 0 Å². The first-order valence-electron chi connectivity index (χ1n) is 21.6. The summed E-state index contributed by atoms with van der Waals surface area (Å²) >= 11 is 0. The predicted molar refractivity (Wildman–Crippen MR) is 242 cm³/mol. The van der Waals surface area contributed by atoms with Crippen molar-refractivity contribution in [3.05, 3.63) is 152 Å². The molecular weight excluding hydrogens is 674 g/mol. The van der Waals surface area contributed by atoms with Gasteiger partial charge in [0.15, 0.2) is 13.4 Å². The molecule has 4 bridgehead atoms. The fourth-order valence-electron chi connectivity index (χ4n) is 11.1. The third kappa shape index (κ3) is 8.50. The van der Waals surface area contributed by atoms with E-state index >= 15 is 0 Å². The molecule has 0 nitrogen and oxygen atoms in total. The van der Waals surface area contributed by atoms with Crippen LogP contribution in [0.1, 0.15) is 122 Å². The van der Waals surface area contributed by atoms with Crippen LogP contribution in [0.2, 0.25) is 23.3 Å². The molecule has 4 aromatic rings. The summed E-state index contributed by atoms with van der Waals surface area (Å²) in [7, 11) is -3.15. The van der Waals surface area contributed by atoms with Crippen LogP contribution in [-0.4, -0.2) is 21.5 Å². The van der Waals surface area contributed by atoms with Gasteiger partial charge in [-0.05, 0) is 63.1 Å². The summed E-state index contributed by atoms with van der Waals surface area (Å²) in [5.41, 5.74) is 18.7. The van der Waals surface area contributed by atoms with Crippen molar-refractivity contribution in [3.63, 3.8) is 0 Å². The molecule has 4 saturated heterocycles. The number of rotatable bonds is 6. The van der Waals surface area contributed by atoms with E-state index in [0.29, 0.717) is 36.7 Å². The molecule has 4 aliphatic rings. The van der Waals surface area contributed by atoms with Crippen molar-refractivity contribution in [2.75, 3.05) is 0 Å². The van der Waals surface area contributed by atoms with Gasteiger partial charge in [0.1, 0.15) is 0 Å². The van der Waals surface area contributed by atoms with E-state index in [-0.39, 0.29) is 0 Å². The first-order valence-corrected chi connectivity index (χ1v) is 23.6. The lowest BCUT2D eigenvalue weighted by Crippen LogP contribution is -2.55. The van der Waals surface area contributed by atoms with Crippen LogP contribution in [0.5, 0.6) is 0 Å². The Labute approximate surface area is 334 Å². The molecular formula is C52H58B2Si. The number of benzene rings is 4. The van der Waals surface area contributed by atoms with Crippen molar-refractivity contribution < 1.29 is 0 Å². The Balaban J connectivity index is 1.49. The molecule has 55 heavy (non-hydrogen) atoms. The van der Waals surface area contributed by atoms with Gasteiger partial charge in [-0.1, -0.05) is 230 Å². The molecule has 0 unspecified atom stereocenters. The van der Waals surface area contributed by atoms with Crippen molar-refractivity contribution >= 4 is 33.7 Å². The monoisotopic (exact) mass is 732 g/mol. The van der Waals surface area contributed by atoms with Crippen molar-refractivity contribution in [1.82, 2.24) is 0 Å². The molecule has 4 aliphatic heterocycles. The Morgan fingerprint density at radius 1 is 0.436 bits per heavy atom. The summed E-state index contributed by atoms with van der Waals surface area (Å²) in [5, 5.41) is 3.24. The van der Waals surface area contributed by atoms with Crippen LogP contribution in [0.4, 0.5) is 0 Å². The minimum Gasteiger partial charge on any atom is -0.101 e. The van der Waals surface area contributed by atoms with E-state index in [0.717, 1.165) is 11.1 Å². The Morgan fingerprint density at radius 2 is 0.709 bits per heavy atom. The number of hydrogen-bond donors (Lipinski definition) is 0. The quantitative estimate of drug-likeness (QED) is 0.137. The Hall–Kier alpha value is -4.17. The molecule has 3 heteroatoms. The molecule has 276 valence electrons. The maximum atomic E-state index is 4.37. The second kappa shape index (κ2) is 16.9. The topological polar surface area (TPSA) is 0 Å². The smallest absolute Gasteiger partial charge is 0.101 e. The molecule has 4 fully saturated rings. The van der Waals surface area contributed by atoms with Gasteiger partial charge in [0, 0.05) is 11.1 Å². The first-order chi connectivity index (χ1) is 26.8. The molecule has 8 rings (SSSR count). The van der Waals surface area contributed by atoms with E-state index in [4.69, 9.17) is 0 Å². The van der Waals surface area contributed by atoms with Crippen molar-refractivity contribution in [2.24, 2.45) is 0 Å². The van der Waals surface area contributed by atoms with Crippen LogP contribution in [-0.2, 0) is 0 Å². The standard InChI is InChI=1S/C52H58B2Si/c1-39-17-25-43(26-18-39)33-35-55(36-34-44-27-19-40(2)20-28-44,51(37-45-29-21-41(3)22-30-45)53-47-9-5-10-48(53)12-6-11-47)52(38-46-31-23-42(4)24-32-46)54-49-13-7-14-50(54)16-8-15-49/h17-32,37-38,47-50H,5-16H2,1-4H3/b51-37+,52-38?. The molecule has 0 N–H and O–H groups in total. The van der Waals surface area contributed by atoms with Gasteiger partial charge >= 0.3 is 0 Å². The SMILES string of the molecule is Cc1ccc(C#C[Si](C#Cc2ccc(C)cc2)(C(=Cc2ccc(C)cc2)B2C3CCCC2CCC3)/C(=C/c2ccc(C)cc2)B2C3CCCC2CCC3)cc1. The largest absolute Gasteiger partial charge is 0.252 e. The number of hydrogen-bond acceptors (Lipinski definition) is 0. The third-order valence-electron chi connectivity index (χ3n) is 13.9. The zero-order chi connectivity index (χ0) is 37.8. The van der Waals surface area contributed by atoms with E-state index in [1.54, 1.807) is 10.2 Å². The molecule has 0 saturated carbocycles. The fraction of sp³-hybridized carbons (Fsp3) is 0.385. The highest BCUT2D eigenvalue weighted by Gasteiger charge is 2.55. The van der Waals surface area contributed by atoms with Gasteiger partial charge in [-0.25, -0.2) is 0 Å². The van der Waals surface area contributed by atoms with E-state index in [2.05, 4.69) is 160 Å². The van der Waals surface area contributed by atoms with Gasteiger partial charge in [0.2, 0.25) is 0 Å². The van der Waals surface area contributed by atoms with Gasteiger partial charge in [-0.3, -0.25) is 0 Å². The predicted octanol–water partition coefficient (Wildman–Crippen LogP) is 13.4. The average molecular weight is 733 g/mol. The van der Waals surface area contributed by atoms with Crippen LogP contribution in [0.15, 0.2) is 107 Å². The van der Waals surface area contributed by atoms with Gasteiger partial charge < -0.3 is 0 Å². The highest BCUT2D eigenvalue weighted by atomic mass is 28.3. The lowest BCUT2D eigenvalue weighted by atomic mass is 9.26. The average Bonchev–Trinajstić information content (AvgIpc) is 3.19. The van der Waals surface area contributed by atoms with E-state index in [9.17, 15) is 0 Å². The van der Waals surface area contributed by atoms with Crippen molar-refractivity contribution in [3.8, 4) is 22.9 Å². The molecule has 0 aromatic heterocycles. The highest BCUT2D eigenvalue weighted by Crippen LogP contribution is 2.55. The van der Waals surface area contributed by atoms with Gasteiger partial charge in [-0.15, -0.1) is 11.1 Å². The van der Waals surface area contributed by atoms with Crippen LogP contribution >= 0.6 is 0 Å². The molecule has 0 atom stereocenters. The normalized spacial score (nSPS) is 22.6. The van der Waals surface area contributed by atoms with E-state index in [1.165, 1.54) is 110 Å². The molecule has 4 heterocycles. The summed E-state index contributed by atoms with van der Waals surface area (Å²) in [6.45, 7) is 9.81. The zero-order valence-corrected chi connectivity index (χ0v) is 34.8. The molecule has 0 aliphatic carbocycles. The maximum absolute atomic E-state index is 4.37. The molecule has 0 radical (unpaired) electrons. The Kier molecular flexibility index (Phi) is 11.6. The van der Waals surface area contributed by atoms with Gasteiger partial charge in [0.05, 0.1) is 0 Å². The van der Waals surface area contributed by atoms with Crippen LogP contribution < -0.4 is 0 Å². The van der Waals surface area contributed by atoms with Gasteiger partial charge in [-0.2, -0.15) is 0 Å². The highest BCUT2D eigenvalue weighted by molar-refractivity contribution is 7.21. The van der Waals surface area contributed by atoms with Crippen LogP contribution in [0, 0.1) is 50.6 Å². The van der Waals surface area contributed by atoms with Crippen molar-refractivity contribution in [2.45, 2.75) is 128 Å². The third-order valence-corrected chi connectivity index (χ3v) is 17.6. The number of fused-ring (bicyclic) bond motifs is 4. The summed E-state index contributed by atoms with van der Waals surface area (Å²) < 4.78 is 0. The summed E-state index contributed by atoms with van der Waals surface area (Å²) in [6, 6.07) is 36.6. The summed E-state index contributed by atoms with van der Waals surface area (Å²) in [5.74, 6) is 10.7. The summed E-state index contributed by atoms with van der Waals surface area (Å²) in [6.07, 6.45) is 21.4. The van der Waals surface area contributed by atoms with Gasteiger partial charge in [0.25, 0.3) is 8.07 Å². The maximum Gasteiger partial charge on any atom is 0.252 e. The van der Waals surface area contributed by atoms with Crippen LogP contribution in [0.3, 0.4) is 0 Å².